The van der Waals surface area contributed by atoms with Crippen LogP contribution in [0, 0.1) is 0 Å². The normalized spacial score (nSPS) is 15.1. The molecular weight excluding hydrogens is 236 g/mol. The highest BCUT2D eigenvalue weighted by molar-refractivity contribution is 6.02. The van der Waals surface area contributed by atoms with Gasteiger partial charge in [-0.25, -0.2) is 0 Å². The Kier molecular flexibility index (Phi) is 5.51. The van der Waals surface area contributed by atoms with Crippen LogP contribution < -0.4 is 0 Å². The predicted octanol–water partition coefficient (Wildman–Crippen LogP) is -0.468. The van der Waals surface area contributed by atoms with Crippen LogP contribution in [-0.2, 0) is 14.4 Å². The largest absolute Gasteiger partial charge is 0.395 e. The van der Waals surface area contributed by atoms with Crippen molar-refractivity contribution >= 4 is 17.7 Å². The molecular formula is C12H18N2O4. The van der Waals surface area contributed by atoms with Crippen molar-refractivity contribution in [2.24, 2.45) is 0 Å². The molecule has 100 valence electrons. The van der Waals surface area contributed by atoms with Crippen LogP contribution in [0.15, 0.2) is 12.7 Å². The van der Waals surface area contributed by atoms with E-state index < -0.39 is 0 Å². The molecule has 1 heterocycles. The highest BCUT2D eigenvalue weighted by atomic mass is 16.3. The maximum atomic E-state index is 11.8. The lowest BCUT2D eigenvalue weighted by atomic mass is 10.3. The van der Waals surface area contributed by atoms with Gasteiger partial charge in [-0.1, -0.05) is 6.08 Å². The van der Waals surface area contributed by atoms with Crippen LogP contribution in [0.5, 0.6) is 0 Å². The van der Waals surface area contributed by atoms with E-state index in [1.165, 1.54) is 4.90 Å². The SMILES string of the molecule is C=CCN(CCO)C(=O)CCN1C(=O)CCC1=O. The van der Waals surface area contributed by atoms with Gasteiger partial charge in [0.25, 0.3) is 0 Å². The molecule has 1 saturated heterocycles. The summed E-state index contributed by atoms with van der Waals surface area (Å²) >= 11 is 0. The topological polar surface area (TPSA) is 77.9 Å². The lowest BCUT2D eigenvalue weighted by Gasteiger charge is -2.21. The molecule has 3 amide bonds. The van der Waals surface area contributed by atoms with Crippen molar-refractivity contribution in [3.63, 3.8) is 0 Å². The maximum Gasteiger partial charge on any atom is 0.229 e. The molecule has 0 aromatic heterocycles. The number of aliphatic hydroxyl groups is 1. The Labute approximate surface area is 106 Å². The van der Waals surface area contributed by atoms with Gasteiger partial charge in [-0.05, 0) is 0 Å². The Morgan fingerprint density at radius 3 is 2.50 bits per heavy atom. The van der Waals surface area contributed by atoms with E-state index in [0.717, 1.165) is 4.90 Å². The second-order valence-electron chi connectivity index (χ2n) is 4.04. The first-order valence-electron chi connectivity index (χ1n) is 5.93. The van der Waals surface area contributed by atoms with E-state index >= 15 is 0 Å². The highest BCUT2D eigenvalue weighted by Gasteiger charge is 2.29. The van der Waals surface area contributed by atoms with E-state index in [9.17, 15) is 14.4 Å². The van der Waals surface area contributed by atoms with Crippen molar-refractivity contribution in [3.05, 3.63) is 12.7 Å². The molecule has 0 spiro atoms. The minimum Gasteiger partial charge on any atom is -0.395 e. The van der Waals surface area contributed by atoms with E-state index in [-0.39, 0.29) is 56.7 Å². The molecule has 6 nitrogen and oxygen atoms in total. The molecule has 6 heteroatoms. The smallest absolute Gasteiger partial charge is 0.229 e. The molecule has 1 rings (SSSR count). The summed E-state index contributed by atoms with van der Waals surface area (Å²) in [5.74, 6) is -0.632. The molecule has 1 aliphatic rings. The maximum absolute atomic E-state index is 11.8. The van der Waals surface area contributed by atoms with Crippen LogP contribution in [0.4, 0.5) is 0 Å². The summed E-state index contributed by atoms with van der Waals surface area (Å²) in [6.07, 6.45) is 2.13. The van der Waals surface area contributed by atoms with E-state index in [4.69, 9.17) is 5.11 Å². The van der Waals surface area contributed by atoms with Gasteiger partial charge in [0.2, 0.25) is 17.7 Å². The molecule has 0 aromatic carbocycles. The van der Waals surface area contributed by atoms with E-state index in [0.29, 0.717) is 6.54 Å². The lowest BCUT2D eigenvalue weighted by molar-refractivity contribution is -0.139. The number of carbonyl (C=O) groups excluding carboxylic acids is 3. The molecule has 1 aliphatic heterocycles. The zero-order valence-corrected chi connectivity index (χ0v) is 10.3. The summed E-state index contributed by atoms with van der Waals surface area (Å²) in [5.41, 5.74) is 0. The minimum atomic E-state index is -0.217. The van der Waals surface area contributed by atoms with Crippen LogP contribution in [0.25, 0.3) is 0 Å². The monoisotopic (exact) mass is 254 g/mol. The quantitative estimate of drug-likeness (QED) is 0.492. The summed E-state index contributed by atoms with van der Waals surface area (Å²) < 4.78 is 0. The van der Waals surface area contributed by atoms with Gasteiger partial charge >= 0.3 is 0 Å². The summed E-state index contributed by atoms with van der Waals surface area (Å²) in [7, 11) is 0. The van der Waals surface area contributed by atoms with Crippen molar-refractivity contribution in [2.75, 3.05) is 26.2 Å². The van der Waals surface area contributed by atoms with Crippen LogP contribution in [0.2, 0.25) is 0 Å². The molecule has 1 fully saturated rings. The molecule has 0 atom stereocenters. The average molecular weight is 254 g/mol. The van der Waals surface area contributed by atoms with Gasteiger partial charge in [0.1, 0.15) is 0 Å². The summed E-state index contributed by atoms with van der Waals surface area (Å²) in [4.78, 5) is 37.1. The fourth-order valence-corrected chi connectivity index (χ4v) is 1.83. The van der Waals surface area contributed by atoms with Crippen molar-refractivity contribution in [3.8, 4) is 0 Å². The van der Waals surface area contributed by atoms with Crippen molar-refractivity contribution in [2.45, 2.75) is 19.3 Å². The molecule has 18 heavy (non-hydrogen) atoms. The fraction of sp³-hybridized carbons (Fsp3) is 0.583. The minimum absolute atomic E-state index is 0.0886. The van der Waals surface area contributed by atoms with Gasteiger partial charge in [-0.15, -0.1) is 6.58 Å². The zero-order chi connectivity index (χ0) is 13.5. The second-order valence-corrected chi connectivity index (χ2v) is 4.04. The number of nitrogens with zero attached hydrogens (tertiary/aromatic N) is 2. The Morgan fingerprint density at radius 1 is 1.39 bits per heavy atom. The predicted molar refractivity (Wildman–Crippen MR) is 64.4 cm³/mol. The van der Waals surface area contributed by atoms with Crippen molar-refractivity contribution in [1.29, 1.82) is 0 Å². The standard InChI is InChI=1S/C12H18N2O4/c1-2-6-13(8-9-15)10(16)5-7-14-11(17)3-4-12(14)18/h2,15H,1,3-9H2. The number of hydrogen-bond acceptors (Lipinski definition) is 4. The summed E-state index contributed by atoms with van der Waals surface area (Å²) in [6.45, 7) is 4.11. The number of likely N-dealkylation sites (tertiary alicyclic amines) is 1. The van der Waals surface area contributed by atoms with Gasteiger partial charge in [-0.3, -0.25) is 19.3 Å². The van der Waals surface area contributed by atoms with Crippen molar-refractivity contribution in [1.82, 2.24) is 9.80 Å². The number of hydrogen-bond donors (Lipinski definition) is 1. The third-order valence-corrected chi connectivity index (χ3v) is 2.78. The van der Waals surface area contributed by atoms with Gasteiger partial charge in [0.15, 0.2) is 0 Å². The first-order chi connectivity index (χ1) is 8.60. The Hall–Kier alpha value is -1.69. The molecule has 0 unspecified atom stereocenters. The Bertz CT molecular complexity index is 338. The summed E-state index contributed by atoms with van der Waals surface area (Å²) in [5, 5.41) is 8.83. The lowest BCUT2D eigenvalue weighted by Crippen LogP contribution is -2.37. The number of imide groups is 1. The molecule has 0 aromatic rings. The molecule has 0 radical (unpaired) electrons. The van der Waals surface area contributed by atoms with E-state index in [1.54, 1.807) is 6.08 Å². The fourth-order valence-electron chi connectivity index (χ4n) is 1.83. The van der Waals surface area contributed by atoms with E-state index in [1.807, 2.05) is 0 Å². The molecule has 0 aliphatic carbocycles. The van der Waals surface area contributed by atoms with E-state index in [2.05, 4.69) is 6.58 Å². The first kappa shape index (κ1) is 14.4. The molecule has 1 N–H and O–H groups in total. The first-order valence-corrected chi connectivity index (χ1v) is 5.93. The van der Waals surface area contributed by atoms with Crippen LogP contribution in [0.1, 0.15) is 19.3 Å². The third-order valence-electron chi connectivity index (χ3n) is 2.78. The average Bonchev–Trinajstić information content (AvgIpc) is 2.66. The van der Waals surface area contributed by atoms with Gasteiger partial charge < -0.3 is 10.0 Å². The summed E-state index contributed by atoms with van der Waals surface area (Å²) in [6, 6.07) is 0. The highest BCUT2D eigenvalue weighted by Crippen LogP contribution is 2.12. The molecule has 0 saturated carbocycles. The van der Waals surface area contributed by atoms with Gasteiger partial charge in [0.05, 0.1) is 6.61 Å². The van der Waals surface area contributed by atoms with Gasteiger partial charge in [-0.2, -0.15) is 0 Å². The Morgan fingerprint density at radius 2 is 2.00 bits per heavy atom. The van der Waals surface area contributed by atoms with Crippen LogP contribution in [-0.4, -0.2) is 58.9 Å². The van der Waals surface area contributed by atoms with Crippen LogP contribution in [0.3, 0.4) is 0 Å². The number of carbonyl (C=O) groups is 3. The van der Waals surface area contributed by atoms with Crippen LogP contribution >= 0.6 is 0 Å². The third kappa shape index (κ3) is 3.66. The number of amides is 3. The molecule has 0 bridgehead atoms. The second kappa shape index (κ2) is 6.90. The van der Waals surface area contributed by atoms with Gasteiger partial charge in [0, 0.05) is 38.9 Å². The Balaban J connectivity index is 2.45. The van der Waals surface area contributed by atoms with Crippen molar-refractivity contribution < 1.29 is 19.5 Å². The zero-order valence-electron chi connectivity index (χ0n) is 10.3. The number of rotatable bonds is 7. The number of aliphatic hydroxyl groups excluding tert-OH is 1.